The van der Waals surface area contributed by atoms with Crippen molar-refractivity contribution in [2.45, 2.75) is 26.2 Å². The molecule has 0 bridgehead atoms. The van der Waals surface area contributed by atoms with Gasteiger partial charge in [0, 0.05) is 0 Å². The lowest BCUT2D eigenvalue weighted by Crippen LogP contribution is -1.82. The van der Waals surface area contributed by atoms with Crippen molar-refractivity contribution in [1.29, 1.82) is 0 Å². The van der Waals surface area contributed by atoms with Crippen LogP contribution in [0.1, 0.15) is 25.3 Å². The number of allylic oxidation sites excluding steroid dienone is 2. The van der Waals surface area contributed by atoms with E-state index in [0.717, 1.165) is 0 Å². The summed E-state index contributed by atoms with van der Waals surface area (Å²) >= 11 is 0. The average Bonchev–Trinajstić information content (AvgIpc) is 2.14. The number of rotatable bonds is 4. The van der Waals surface area contributed by atoms with E-state index in [1.54, 1.807) is 0 Å². The SMILES string of the molecule is CC=CCCCc1ccccc1.O. The van der Waals surface area contributed by atoms with E-state index in [4.69, 9.17) is 0 Å². The highest BCUT2D eigenvalue weighted by atomic mass is 16.0. The summed E-state index contributed by atoms with van der Waals surface area (Å²) in [5.41, 5.74) is 1.45. The van der Waals surface area contributed by atoms with Crippen molar-refractivity contribution in [2.75, 3.05) is 0 Å². The van der Waals surface area contributed by atoms with Crippen LogP contribution in [0.3, 0.4) is 0 Å². The van der Waals surface area contributed by atoms with Crippen LogP contribution in [0.4, 0.5) is 0 Å². The van der Waals surface area contributed by atoms with E-state index >= 15 is 0 Å². The second-order valence-corrected chi connectivity index (χ2v) is 2.95. The van der Waals surface area contributed by atoms with Gasteiger partial charge in [0.05, 0.1) is 0 Å². The van der Waals surface area contributed by atoms with Crippen LogP contribution < -0.4 is 0 Å². The summed E-state index contributed by atoms with van der Waals surface area (Å²) in [7, 11) is 0. The predicted octanol–water partition coefficient (Wildman–Crippen LogP) is 2.76. The quantitative estimate of drug-likeness (QED) is 0.501. The summed E-state index contributed by atoms with van der Waals surface area (Å²) in [4.78, 5) is 0. The molecule has 0 unspecified atom stereocenters. The van der Waals surface area contributed by atoms with Crippen molar-refractivity contribution in [2.24, 2.45) is 0 Å². The zero-order valence-electron chi connectivity index (χ0n) is 8.16. The molecule has 0 radical (unpaired) electrons. The molecule has 0 atom stereocenters. The molecule has 1 nitrogen and oxygen atoms in total. The van der Waals surface area contributed by atoms with E-state index in [9.17, 15) is 0 Å². The van der Waals surface area contributed by atoms with E-state index in [1.807, 2.05) is 0 Å². The normalized spacial score (nSPS) is 9.92. The van der Waals surface area contributed by atoms with Gasteiger partial charge in [0.1, 0.15) is 0 Å². The van der Waals surface area contributed by atoms with E-state index in [1.165, 1.54) is 24.8 Å². The van der Waals surface area contributed by atoms with Gasteiger partial charge in [0.25, 0.3) is 0 Å². The molecule has 0 fully saturated rings. The average molecular weight is 178 g/mol. The first kappa shape index (κ1) is 11.9. The summed E-state index contributed by atoms with van der Waals surface area (Å²) in [6, 6.07) is 10.6. The zero-order valence-corrected chi connectivity index (χ0v) is 8.16. The Morgan fingerprint density at radius 3 is 2.46 bits per heavy atom. The van der Waals surface area contributed by atoms with Crippen LogP contribution in [-0.4, -0.2) is 5.48 Å². The molecule has 0 aromatic heterocycles. The first-order valence-corrected chi connectivity index (χ1v) is 4.58. The van der Waals surface area contributed by atoms with Gasteiger partial charge in [0.15, 0.2) is 0 Å². The fourth-order valence-electron chi connectivity index (χ4n) is 1.24. The molecule has 0 saturated heterocycles. The Hall–Kier alpha value is -1.08. The van der Waals surface area contributed by atoms with Crippen molar-refractivity contribution < 1.29 is 5.48 Å². The molecule has 1 aromatic rings. The van der Waals surface area contributed by atoms with Crippen LogP contribution in [0.5, 0.6) is 0 Å². The summed E-state index contributed by atoms with van der Waals surface area (Å²) in [6.07, 6.45) is 8.00. The molecule has 0 amide bonds. The number of aryl methyl sites for hydroxylation is 1. The first-order chi connectivity index (χ1) is 5.93. The molecule has 72 valence electrons. The van der Waals surface area contributed by atoms with Crippen molar-refractivity contribution in [3.63, 3.8) is 0 Å². The third-order valence-electron chi connectivity index (χ3n) is 1.91. The van der Waals surface area contributed by atoms with Crippen LogP contribution >= 0.6 is 0 Å². The van der Waals surface area contributed by atoms with Gasteiger partial charge in [0.2, 0.25) is 0 Å². The van der Waals surface area contributed by atoms with Crippen molar-refractivity contribution >= 4 is 0 Å². The lowest BCUT2D eigenvalue weighted by Gasteiger charge is -1.97. The maximum atomic E-state index is 2.23. The highest BCUT2D eigenvalue weighted by molar-refractivity contribution is 5.14. The van der Waals surface area contributed by atoms with Crippen LogP contribution in [0, 0.1) is 0 Å². The maximum Gasteiger partial charge on any atom is -0.0276 e. The minimum Gasteiger partial charge on any atom is -0.412 e. The van der Waals surface area contributed by atoms with Gasteiger partial charge in [-0.3, -0.25) is 0 Å². The standard InChI is InChI=1S/C12H16.H2O/c1-2-3-4-6-9-12-10-7-5-8-11-12;/h2-3,5,7-8,10-11H,4,6,9H2,1H3;1H2. The first-order valence-electron chi connectivity index (χ1n) is 4.58. The number of unbranched alkanes of at least 4 members (excludes halogenated alkanes) is 1. The highest BCUT2D eigenvalue weighted by Gasteiger charge is 1.88. The molecular formula is C12H18O. The molecule has 0 heterocycles. The molecule has 0 spiro atoms. The monoisotopic (exact) mass is 178 g/mol. The van der Waals surface area contributed by atoms with Crippen molar-refractivity contribution in [3.05, 3.63) is 48.0 Å². The van der Waals surface area contributed by atoms with Crippen molar-refractivity contribution in [3.8, 4) is 0 Å². The Morgan fingerprint density at radius 2 is 1.85 bits per heavy atom. The Morgan fingerprint density at radius 1 is 1.15 bits per heavy atom. The van der Waals surface area contributed by atoms with Gasteiger partial charge >= 0.3 is 0 Å². The van der Waals surface area contributed by atoms with Crippen molar-refractivity contribution in [1.82, 2.24) is 0 Å². The molecule has 0 saturated carbocycles. The predicted molar refractivity (Wildman–Crippen MR) is 57.8 cm³/mol. The van der Waals surface area contributed by atoms with E-state index in [0.29, 0.717) is 0 Å². The lowest BCUT2D eigenvalue weighted by atomic mass is 10.1. The third kappa shape index (κ3) is 5.21. The lowest BCUT2D eigenvalue weighted by molar-refractivity contribution is 0.824. The topological polar surface area (TPSA) is 31.5 Å². The Kier molecular flexibility index (Phi) is 6.93. The van der Waals surface area contributed by atoms with Gasteiger partial charge in [-0.25, -0.2) is 0 Å². The van der Waals surface area contributed by atoms with E-state index < -0.39 is 0 Å². The Balaban J connectivity index is 0.00000144. The highest BCUT2D eigenvalue weighted by Crippen LogP contribution is 2.04. The van der Waals surface area contributed by atoms with Crippen LogP contribution in [-0.2, 0) is 6.42 Å². The van der Waals surface area contributed by atoms with E-state index in [-0.39, 0.29) is 5.48 Å². The van der Waals surface area contributed by atoms with Crippen LogP contribution in [0.2, 0.25) is 0 Å². The van der Waals surface area contributed by atoms with Gasteiger partial charge in [-0.05, 0) is 31.7 Å². The van der Waals surface area contributed by atoms with E-state index in [2.05, 4.69) is 49.4 Å². The van der Waals surface area contributed by atoms with Crippen LogP contribution in [0.15, 0.2) is 42.5 Å². The summed E-state index contributed by atoms with van der Waals surface area (Å²) in [6.45, 7) is 2.07. The maximum absolute atomic E-state index is 2.23. The number of benzene rings is 1. The van der Waals surface area contributed by atoms with Gasteiger partial charge in [-0.1, -0.05) is 42.5 Å². The molecule has 13 heavy (non-hydrogen) atoms. The molecule has 1 aromatic carbocycles. The summed E-state index contributed by atoms with van der Waals surface area (Å²) < 4.78 is 0. The van der Waals surface area contributed by atoms with Crippen LogP contribution in [0.25, 0.3) is 0 Å². The largest absolute Gasteiger partial charge is 0.412 e. The smallest absolute Gasteiger partial charge is 0.0276 e. The Bertz CT molecular complexity index is 226. The molecule has 1 rings (SSSR count). The molecule has 0 aliphatic carbocycles. The molecule has 2 N–H and O–H groups in total. The number of hydrogen-bond donors (Lipinski definition) is 0. The second kappa shape index (κ2) is 7.56. The minimum absolute atomic E-state index is 0. The molecular weight excluding hydrogens is 160 g/mol. The minimum atomic E-state index is 0. The summed E-state index contributed by atoms with van der Waals surface area (Å²) in [5, 5.41) is 0. The zero-order chi connectivity index (χ0) is 8.65. The molecule has 1 heteroatoms. The molecule has 0 aliphatic rings. The third-order valence-corrected chi connectivity index (χ3v) is 1.91. The van der Waals surface area contributed by atoms with Gasteiger partial charge in [-0.2, -0.15) is 0 Å². The summed E-state index contributed by atoms with van der Waals surface area (Å²) in [5.74, 6) is 0. The van der Waals surface area contributed by atoms with Gasteiger partial charge < -0.3 is 5.48 Å². The fraction of sp³-hybridized carbons (Fsp3) is 0.333. The Labute approximate surface area is 80.4 Å². The number of hydrogen-bond acceptors (Lipinski definition) is 0. The fourth-order valence-corrected chi connectivity index (χ4v) is 1.24. The van der Waals surface area contributed by atoms with Gasteiger partial charge in [-0.15, -0.1) is 0 Å². The second-order valence-electron chi connectivity index (χ2n) is 2.95. The molecule has 0 aliphatic heterocycles.